The lowest BCUT2D eigenvalue weighted by Gasteiger charge is -2.10. The SMILES string of the molecule is O=C(CSc1nnc(-c2ccccn2)n1Cc1ccccc1)Nc1ccccc1. The molecule has 0 radical (unpaired) electrons. The third-order valence-electron chi connectivity index (χ3n) is 4.18. The van der Waals surface area contributed by atoms with Crippen LogP contribution in [0.25, 0.3) is 11.5 Å². The summed E-state index contributed by atoms with van der Waals surface area (Å²) in [5.41, 5.74) is 2.65. The molecule has 29 heavy (non-hydrogen) atoms. The Hall–Kier alpha value is -3.45. The molecule has 0 bridgehead atoms. The summed E-state index contributed by atoms with van der Waals surface area (Å²) in [6, 6.07) is 25.2. The second kappa shape index (κ2) is 9.16. The molecule has 0 saturated heterocycles. The molecule has 144 valence electrons. The fourth-order valence-electron chi connectivity index (χ4n) is 2.84. The van der Waals surface area contributed by atoms with E-state index in [1.807, 2.05) is 71.3 Å². The topological polar surface area (TPSA) is 72.7 Å². The van der Waals surface area contributed by atoms with E-state index in [-0.39, 0.29) is 11.7 Å². The van der Waals surface area contributed by atoms with Gasteiger partial charge in [0.05, 0.1) is 12.3 Å². The van der Waals surface area contributed by atoms with Crippen LogP contribution in [-0.4, -0.2) is 31.4 Å². The maximum Gasteiger partial charge on any atom is 0.234 e. The first-order chi connectivity index (χ1) is 14.3. The Morgan fingerprint density at radius 3 is 2.34 bits per heavy atom. The Morgan fingerprint density at radius 1 is 0.897 bits per heavy atom. The average molecular weight is 401 g/mol. The lowest BCUT2D eigenvalue weighted by Crippen LogP contribution is -2.14. The highest BCUT2D eigenvalue weighted by Crippen LogP contribution is 2.24. The van der Waals surface area contributed by atoms with Crippen molar-refractivity contribution in [1.82, 2.24) is 19.7 Å². The Kier molecular flexibility index (Phi) is 5.97. The summed E-state index contributed by atoms with van der Waals surface area (Å²) in [4.78, 5) is 16.7. The zero-order chi connectivity index (χ0) is 19.9. The van der Waals surface area contributed by atoms with Crippen molar-refractivity contribution in [3.05, 3.63) is 90.6 Å². The maximum absolute atomic E-state index is 12.3. The summed E-state index contributed by atoms with van der Waals surface area (Å²) in [5.74, 6) is 0.833. The third kappa shape index (κ3) is 4.89. The van der Waals surface area contributed by atoms with Crippen LogP contribution in [0.1, 0.15) is 5.56 Å². The van der Waals surface area contributed by atoms with Gasteiger partial charge in [-0.3, -0.25) is 14.3 Å². The normalized spacial score (nSPS) is 10.6. The molecule has 2 heterocycles. The Bertz CT molecular complexity index is 1070. The summed E-state index contributed by atoms with van der Waals surface area (Å²) < 4.78 is 2.00. The van der Waals surface area contributed by atoms with Crippen molar-refractivity contribution in [3.63, 3.8) is 0 Å². The van der Waals surface area contributed by atoms with Gasteiger partial charge in [-0.2, -0.15) is 0 Å². The first kappa shape index (κ1) is 18.9. The van der Waals surface area contributed by atoms with E-state index in [0.717, 1.165) is 16.9 Å². The zero-order valence-corrected chi connectivity index (χ0v) is 16.4. The smallest absolute Gasteiger partial charge is 0.234 e. The minimum atomic E-state index is -0.0881. The van der Waals surface area contributed by atoms with Crippen molar-refractivity contribution in [1.29, 1.82) is 0 Å². The van der Waals surface area contributed by atoms with E-state index in [1.165, 1.54) is 11.8 Å². The van der Waals surface area contributed by atoms with Gasteiger partial charge in [0.2, 0.25) is 5.91 Å². The molecule has 7 heteroatoms. The van der Waals surface area contributed by atoms with Gasteiger partial charge in [-0.05, 0) is 29.8 Å². The number of anilines is 1. The van der Waals surface area contributed by atoms with Gasteiger partial charge in [0.15, 0.2) is 11.0 Å². The van der Waals surface area contributed by atoms with E-state index in [9.17, 15) is 4.79 Å². The number of pyridine rings is 1. The monoisotopic (exact) mass is 401 g/mol. The molecule has 0 fully saturated rings. The molecule has 0 atom stereocenters. The van der Waals surface area contributed by atoms with Crippen molar-refractivity contribution in [3.8, 4) is 11.5 Å². The number of para-hydroxylation sites is 1. The van der Waals surface area contributed by atoms with Gasteiger partial charge >= 0.3 is 0 Å². The number of hydrogen-bond donors (Lipinski definition) is 1. The summed E-state index contributed by atoms with van der Waals surface area (Å²) in [6.45, 7) is 0.600. The van der Waals surface area contributed by atoms with E-state index in [1.54, 1.807) is 6.20 Å². The molecule has 0 aliphatic heterocycles. The molecule has 1 amide bonds. The molecule has 4 rings (SSSR count). The molecular weight excluding hydrogens is 382 g/mol. The van der Waals surface area contributed by atoms with Gasteiger partial charge in [-0.25, -0.2) is 0 Å². The van der Waals surface area contributed by atoms with Gasteiger partial charge < -0.3 is 5.32 Å². The maximum atomic E-state index is 12.3. The van der Waals surface area contributed by atoms with Crippen molar-refractivity contribution >= 4 is 23.4 Å². The average Bonchev–Trinajstić information content (AvgIpc) is 3.17. The van der Waals surface area contributed by atoms with Gasteiger partial charge in [-0.15, -0.1) is 10.2 Å². The standard InChI is InChI=1S/C22H19N5OS/c28-20(24-18-11-5-2-6-12-18)16-29-22-26-25-21(19-13-7-8-14-23-19)27(22)15-17-9-3-1-4-10-17/h1-14H,15-16H2,(H,24,28). The summed E-state index contributed by atoms with van der Waals surface area (Å²) in [6.07, 6.45) is 1.73. The van der Waals surface area contributed by atoms with Crippen LogP contribution in [0, 0.1) is 0 Å². The molecule has 2 aromatic heterocycles. The van der Waals surface area contributed by atoms with Crippen LogP contribution in [0.2, 0.25) is 0 Å². The number of hydrogen-bond acceptors (Lipinski definition) is 5. The predicted molar refractivity (Wildman–Crippen MR) is 115 cm³/mol. The predicted octanol–water partition coefficient (Wildman–Crippen LogP) is 4.12. The van der Waals surface area contributed by atoms with Gasteiger partial charge in [0.1, 0.15) is 5.69 Å². The number of nitrogens with one attached hydrogen (secondary N) is 1. The molecule has 6 nitrogen and oxygen atoms in total. The van der Waals surface area contributed by atoms with Crippen molar-refractivity contribution < 1.29 is 4.79 Å². The van der Waals surface area contributed by atoms with Crippen LogP contribution < -0.4 is 5.32 Å². The number of benzene rings is 2. The number of amides is 1. The highest BCUT2D eigenvalue weighted by Gasteiger charge is 2.17. The van der Waals surface area contributed by atoms with Crippen molar-refractivity contribution in [2.24, 2.45) is 0 Å². The lowest BCUT2D eigenvalue weighted by atomic mass is 10.2. The Morgan fingerprint density at radius 2 is 1.62 bits per heavy atom. The molecular formula is C22H19N5OS. The van der Waals surface area contributed by atoms with E-state index in [0.29, 0.717) is 17.5 Å². The van der Waals surface area contributed by atoms with Crippen LogP contribution in [-0.2, 0) is 11.3 Å². The van der Waals surface area contributed by atoms with Gasteiger partial charge in [-0.1, -0.05) is 66.4 Å². The summed E-state index contributed by atoms with van der Waals surface area (Å²) in [7, 11) is 0. The van der Waals surface area contributed by atoms with E-state index in [2.05, 4.69) is 32.6 Å². The van der Waals surface area contributed by atoms with Crippen LogP contribution in [0.5, 0.6) is 0 Å². The van der Waals surface area contributed by atoms with Crippen LogP contribution in [0.4, 0.5) is 5.69 Å². The number of nitrogens with zero attached hydrogens (tertiary/aromatic N) is 4. The first-order valence-corrected chi connectivity index (χ1v) is 10.1. The summed E-state index contributed by atoms with van der Waals surface area (Å²) >= 11 is 1.36. The quantitative estimate of drug-likeness (QED) is 0.472. The highest BCUT2D eigenvalue weighted by atomic mass is 32.2. The number of carbonyl (C=O) groups excluding carboxylic acids is 1. The fraction of sp³-hybridized carbons (Fsp3) is 0.0909. The molecule has 0 spiro atoms. The van der Waals surface area contributed by atoms with E-state index < -0.39 is 0 Å². The minimum Gasteiger partial charge on any atom is -0.325 e. The molecule has 0 unspecified atom stereocenters. The fourth-order valence-corrected chi connectivity index (χ4v) is 3.57. The van der Waals surface area contributed by atoms with E-state index in [4.69, 9.17) is 0 Å². The van der Waals surface area contributed by atoms with E-state index >= 15 is 0 Å². The number of rotatable bonds is 7. The Labute approximate surface area is 173 Å². The highest BCUT2D eigenvalue weighted by molar-refractivity contribution is 7.99. The molecule has 0 aliphatic rings. The molecule has 0 saturated carbocycles. The third-order valence-corrected chi connectivity index (χ3v) is 5.15. The van der Waals surface area contributed by atoms with Crippen molar-refractivity contribution in [2.45, 2.75) is 11.7 Å². The first-order valence-electron chi connectivity index (χ1n) is 9.16. The second-order valence-electron chi connectivity index (χ2n) is 6.30. The summed E-state index contributed by atoms with van der Waals surface area (Å²) in [5, 5.41) is 12.2. The molecule has 4 aromatic rings. The number of aromatic nitrogens is 4. The van der Waals surface area contributed by atoms with Crippen LogP contribution in [0.15, 0.2) is 90.2 Å². The lowest BCUT2D eigenvalue weighted by molar-refractivity contribution is -0.113. The van der Waals surface area contributed by atoms with Gasteiger partial charge in [0.25, 0.3) is 0 Å². The minimum absolute atomic E-state index is 0.0881. The van der Waals surface area contributed by atoms with Crippen molar-refractivity contribution in [2.75, 3.05) is 11.1 Å². The largest absolute Gasteiger partial charge is 0.325 e. The molecule has 2 aromatic carbocycles. The van der Waals surface area contributed by atoms with Gasteiger partial charge in [0, 0.05) is 11.9 Å². The molecule has 0 aliphatic carbocycles. The Balaban J connectivity index is 1.54. The number of carbonyl (C=O) groups is 1. The van der Waals surface area contributed by atoms with Crippen LogP contribution >= 0.6 is 11.8 Å². The zero-order valence-electron chi connectivity index (χ0n) is 15.6. The number of thioether (sulfide) groups is 1. The molecule has 1 N–H and O–H groups in total. The second-order valence-corrected chi connectivity index (χ2v) is 7.24. The van der Waals surface area contributed by atoms with Crippen LogP contribution in [0.3, 0.4) is 0 Å².